The van der Waals surface area contributed by atoms with E-state index in [0.29, 0.717) is 6.54 Å². The number of nitrogens with zero attached hydrogens (tertiary/aromatic N) is 2. The highest BCUT2D eigenvalue weighted by atomic mass is 16.5. The number of amides is 2. The summed E-state index contributed by atoms with van der Waals surface area (Å²) in [5.41, 5.74) is 3.17. The van der Waals surface area contributed by atoms with E-state index < -0.39 is 0 Å². The molecule has 0 saturated heterocycles. The van der Waals surface area contributed by atoms with Crippen LogP contribution < -0.4 is 10.1 Å². The third-order valence-corrected chi connectivity index (χ3v) is 4.67. The number of carbonyl (C=O) groups excluding carboxylic acids is 1. The Morgan fingerprint density at radius 2 is 1.96 bits per heavy atom. The number of aromatic nitrogens is 1. The lowest BCUT2D eigenvalue weighted by atomic mass is 10.2. The highest BCUT2D eigenvalue weighted by molar-refractivity contribution is 5.89. The molecule has 25 heavy (non-hydrogen) atoms. The van der Waals surface area contributed by atoms with E-state index >= 15 is 0 Å². The minimum Gasteiger partial charge on any atom is -0.497 e. The second-order valence-corrected chi connectivity index (χ2v) is 6.28. The van der Waals surface area contributed by atoms with Gasteiger partial charge in [0.05, 0.1) is 13.7 Å². The Morgan fingerprint density at radius 1 is 1.08 bits per heavy atom. The highest BCUT2D eigenvalue weighted by Crippen LogP contribution is 2.24. The molecule has 0 aliphatic carbocycles. The molecule has 0 saturated carbocycles. The molecule has 0 fully saturated rings. The van der Waals surface area contributed by atoms with Crippen molar-refractivity contribution in [2.75, 3.05) is 19.0 Å². The van der Waals surface area contributed by atoms with Gasteiger partial charge in [0.2, 0.25) is 0 Å². The van der Waals surface area contributed by atoms with Gasteiger partial charge in [0.25, 0.3) is 0 Å². The van der Waals surface area contributed by atoms with Crippen LogP contribution in [0.2, 0.25) is 0 Å². The topological polar surface area (TPSA) is 46.5 Å². The Morgan fingerprint density at radius 3 is 2.84 bits per heavy atom. The Hall–Kier alpha value is -2.95. The molecule has 128 valence electrons. The van der Waals surface area contributed by atoms with Crippen LogP contribution in [0, 0.1) is 0 Å². The summed E-state index contributed by atoms with van der Waals surface area (Å²) in [6, 6.07) is 17.9. The maximum atomic E-state index is 12.7. The molecule has 0 radical (unpaired) electrons. The SMILES string of the molecule is COc1cccc(NC(=O)N2CCCn3c(cc4ccccc43)C2)c1. The zero-order valence-electron chi connectivity index (χ0n) is 14.2. The third-order valence-electron chi connectivity index (χ3n) is 4.67. The average Bonchev–Trinajstić information content (AvgIpc) is 2.84. The average molecular weight is 335 g/mol. The monoisotopic (exact) mass is 335 g/mol. The number of methoxy groups -OCH3 is 1. The molecular formula is C20H21N3O2. The van der Waals surface area contributed by atoms with Gasteiger partial charge in [-0.15, -0.1) is 0 Å². The van der Waals surface area contributed by atoms with Crippen LogP contribution in [0.3, 0.4) is 0 Å². The lowest BCUT2D eigenvalue weighted by Crippen LogP contribution is -2.34. The summed E-state index contributed by atoms with van der Waals surface area (Å²) < 4.78 is 7.54. The fourth-order valence-corrected chi connectivity index (χ4v) is 3.43. The van der Waals surface area contributed by atoms with E-state index in [9.17, 15) is 4.79 Å². The molecule has 1 aliphatic heterocycles. The first-order chi connectivity index (χ1) is 12.2. The first-order valence-electron chi connectivity index (χ1n) is 8.52. The summed E-state index contributed by atoms with van der Waals surface area (Å²) in [4.78, 5) is 14.6. The van der Waals surface area contributed by atoms with Crippen molar-refractivity contribution in [3.63, 3.8) is 0 Å². The van der Waals surface area contributed by atoms with Gasteiger partial charge in [-0.25, -0.2) is 4.79 Å². The standard InChI is InChI=1S/C20H21N3O2/c1-25-18-8-4-7-16(13-18)21-20(24)22-10-5-11-23-17(14-22)12-15-6-2-3-9-19(15)23/h2-4,6-9,12-13H,5,10-11,14H2,1H3,(H,21,24). The number of ether oxygens (including phenoxy) is 1. The Bertz CT molecular complexity index is 916. The number of fused-ring (bicyclic) bond motifs is 3. The smallest absolute Gasteiger partial charge is 0.322 e. The molecule has 2 heterocycles. The van der Waals surface area contributed by atoms with Crippen LogP contribution in [0.25, 0.3) is 10.9 Å². The molecule has 1 N–H and O–H groups in total. The summed E-state index contributed by atoms with van der Waals surface area (Å²) in [5.74, 6) is 0.730. The van der Waals surface area contributed by atoms with Crippen molar-refractivity contribution in [1.82, 2.24) is 9.47 Å². The van der Waals surface area contributed by atoms with Gasteiger partial charge in [-0.3, -0.25) is 0 Å². The van der Waals surface area contributed by atoms with Gasteiger partial charge in [0.1, 0.15) is 5.75 Å². The molecule has 1 aromatic heterocycles. The highest BCUT2D eigenvalue weighted by Gasteiger charge is 2.20. The number of carbonyl (C=O) groups is 1. The minimum atomic E-state index is -0.0769. The zero-order chi connectivity index (χ0) is 17.2. The van der Waals surface area contributed by atoms with E-state index in [1.54, 1.807) is 7.11 Å². The van der Waals surface area contributed by atoms with Crippen LogP contribution in [-0.2, 0) is 13.1 Å². The van der Waals surface area contributed by atoms with Crippen molar-refractivity contribution < 1.29 is 9.53 Å². The number of nitrogens with one attached hydrogen (secondary N) is 1. The summed E-state index contributed by atoms with van der Waals surface area (Å²) in [6.45, 7) is 2.29. The van der Waals surface area contributed by atoms with E-state index in [1.165, 1.54) is 16.6 Å². The molecule has 1 aliphatic rings. The van der Waals surface area contributed by atoms with E-state index in [4.69, 9.17) is 4.74 Å². The lowest BCUT2D eigenvalue weighted by Gasteiger charge is -2.21. The molecule has 0 bridgehead atoms. The van der Waals surface area contributed by atoms with Crippen LogP contribution in [0.15, 0.2) is 54.6 Å². The maximum absolute atomic E-state index is 12.7. The predicted molar refractivity (Wildman–Crippen MR) is 99.0 cm³/mol. The van der Waals surface area contributed by atoms with Crippen LogP contribution in [0.1, 0.15) is 12.1 Å². The molecule has 2 aromatic carbocycles. The normalized spacial score (nSPS) is 14.0. The number of hydrogen-bond acceptors (Lipinski definition) is 2. The first kappa shape index (κ1) is 15.6. The van der Waals surface area contributed by atoms with Gasteiger partial charge in [-0.05, 0) is 36.1 Å². The number of hydrogen-bond donors (Lipinski definition) is 1. The minimum absolute atomic E-state index is 0.0769. The fourth-order valence-electron chi connectivity index (χ4n) is 3.43. The Labute approximate surface area is 146 Å². The van der Waals surface area contributed by atoms with Crippen molar-refractivity contribution in [2.45, 2.75) is 19.5 Å². The van der Waals surface area contributed by atoms with Gasteiger partial charge in [-0.2, -0.15) is 0 Å². The molecule has 2 amide bonds. The number of aryl methyl sites for hydroxylation is 1. The van der Waals surface area contributed by atoms with Crippen LogP contribution >= 0.6 is 0 Å². The first-order valence-corrected chi connectivity index (χ1v) is 8.52. The summed E-state index contributed by atoms with van der Waals surface area (Å²) in [7, 11) is 1.62. The van der Waals surface area contributed by atoms with E-state index in [2.05, 4.69) is 40.2 Å². The fraction of sp³-hybridized carbons (Fsp3) is 0.250. The molecule has 0 spiro atoms. The van der Waals surface area contributed by atoms with Gasteiger partial charge in [0, 0.05) is 36.1 Å². The number of benzene rings is 2. The summed E-state index contributed by atoms with van der Waals surface area (Å²) >= 11 is 0. The number of para-hydroxylation sites is 1. The van der Waals surface area contributed by atoms with Crippen LogP contribution in [0.5, 0.6) is 5.75 Å². The number of rotatable bonds is 2. The van der Waals surface area contributed by atoms with Gasteiger partial charge in [0.15, 0.2) is 0 Å². The molecule has 5 heteroatoms. The molecule has 3 aromatic rings. The molecule has 0 atom stereocenters. The predicted octanol–water partition coefficient (Wildman–Crippen LogP) is 4.09. The van der Waals surface area contributed by atoms with E-state index in [1.807, 2.05) is 29.2 Å². The van der Waals surface area contributed by atoms with Gasteiger partial charge < -0.3 is 19.5 Å². The lowest BCUT2D eigenvalue weighted by molar-refractivity contribution is 0.210. The van der Waals surface area contributed by atoms with E-state index in [0.717, 1.165) is 30.9 Å². The van der Waals surface area contributed by atoms with Gasteiger partial charge in [-0.1, -0.05) is 24.3 Å². The molecule has 5 nitrogen and oxygen atoms in total. The summed E-state index contributed by atoms with van der Waals surface area (Å²) in [5, 5.41) is 4.21. The van der Waals surface area contributed by atoms with Crippen molar-refractivity contribution in [2.24, 2.45) is 0 Å². The van der Waals surface area contributed by atoms with Crippen molar-refractivity contribution in [3.05, 3.63) is 60.3 Å². The molecule has 0 unspecified atom stereocenters. The van der Waals surface area contributed by atoms with Crippen LogP contribution in [0.4, 0.5) is 10.5 Å². The Kier molecular flexibility index (Phi) is 4.06. The quantitative estimate of drug-likeness (QED) is 0.767. The second-order valence-electron chi connectivity index (χ2n) is 6.28. The van der Waals surface area contributed by atoms with E-state index in [-0.39, 0.29) is 6.03 Å². The third kappa shape index (κ3) is 3.05. The molecular weight excluding hydrogens is 314 g/mol. The van der Waals surface area contributed by atoms with Crippen molar-refractivity contribution in [3.8, 4) is 5.75 Å². The zero-order valence-corrected chi connectivity index (χ0v) is 14.2. The molecule has 4 rings (SSSR count). The second kappa shape index (κ2) is 6.51. The van der Waals surface area contributed by atoms with Crippen molar-refractivity contribution in [1.29, 1.82) is 0 Å². The van der Waals surface area contributed by atoms with Crippen LogP contribution in [-0.4, -0.2) is 29.2 Å². The van der Waals surface area contributed by atoms with Gasteiger partial charge >= 0.3 is 6.03 Å². The number of anilines is 1. The largest absolute Gasteiger partial charge is 0.497 e. The number of urea groups is 1. The maximum Gasteiger partial charge on any atom is 0.322 e. The Balaban J connectivity index is 1.55. The van der Waals surface area contributed by atoms with Crippen molar-refractivity contribution >= 4 is 22.6 Å². The summed E-state index contributed by atoms with van der Waals surface area (Å²) in [6.07, 6.45) is 0.942.